The van der Waals surface area contributed by atoms with Crippen molar-refractivity contribution in [2.75, 3.05) is 19.7 Å². The fourth-order valence-corrected chi connectivity index (χ4v) is 5.67. The van der Waals surface area contributed by atoms with Crippen molar-refractivity contribution in [3.63, 3.8) is 0 Å². The minimum absolute atomic E-state index is 0. The SMILES string of the molecule is CCCN(CCC)P(OCCC#N)O[C@H]1[C@H]2[CH-]O[C@@]1(CC)C[C@@H]2C.[U]. The Morgan fingerprint density at radius 1 is 1.32 bits per heavy atom. The molecule has 1 aliphatic heterocycles. The normalized spacial score (nSPS) is 31.8. The average molecular weight is 593 g/mol. The van der Waals surface area contributed by atoms with Crippen molar-refractivity contribution >= 4 is 8.53 Å². The van der Waals surface area contributed by atoms with Crippen LogP contribution < -0.4 is 0 Å². The second-order valence-electron chi connectivity index (χ2n) is 6.89. The molecule has 5 atom stereocenters. The molecule has 2 fully saturated rings. The predicted octanol–water partition coefficient (Wildman–Crippen LogP) is 4.65. The Balaban J connectivity index is 0.00000312. The number of hydrogen-bond donors (Lipinski definition) is 0. The van der Waals surface area contributed by atoms with Crippen LogP contribution in [0.3, 0.4) is 0 Å². The molecule has 25 heavy (non-hydrogen) atoms. The molecular weight excluding hydrogens is 561 g/mol. The maximum Gasteiger partial charge on any atom is 0.259 e. The third-order valence-corrected chi connectivity index (χ3v) is 6.74. The predicted molar refractivity (Wildman–Crippen MR) is 95.8 cm³/mol. The molecule has 0 N–H and O–H groups in total. The Morgan fingerprint density at radius 2 is 2.00 bits per heavy atom. The Bertz CT molecular complexity index is 431. The first-order valence-corrected chi connectivity index (χ1v) is 10.5. The Labute approximate surface area is 178 Å². The van der Waals surface area contributed by atoms with Gasteiger partial charge in [-0.1, -0.05) is 33.6 Å². The number of nitriles is 1. The maximum absolute atomic E-state index is 8.81. The van der Waals surface area contributed by atoms with Crippen LogP contribution in [0.5, 0.6) is 0 Å². The minimum Gasteiger partial charge on any atom is -0.545 e. The van der Waals surface area contributed by atoms with Gasteiger partial charge in [-0.2, -0.15) is 5.26 Å². The molecule has 2 aliphatic rings. The standard InChI is InChI=1S/C18H32N2O3P.U/c1-5-10-20(11-6-2)24(22-12-8-9-19)23-17-16-14-21-18(17,7-3)13-15(16)4;/h14-17H,5-8,10-13H2,1-4H3;/q-1;/t15-,16-,17-,18-,24?;/m0./s1. The Morgan fingerprint density at radius 3 is 2.52 bits per heavy atom. The van der Waals surface area contributed by atoms with E-state index < -0.39 is 8.53 Å². The summed E-state index contributed by atoms with van der Waals surface area (Å²) in [4.78, 5) is 0. The first-order valence-electron chi connectivity index (χ1n) is 9.34. The molecule has 0 aromatic carbocycles. The van der Waals surface area contributed by atoms with Gasteiger partial charge in [0.25, 0.3) is 8.53 Å². The van der Waals surface area contributed by atoms with Crippen molar-refractivity contribution in [1.29, 1.82) is 5.26 Å². The monoisotopic (exact) mass is 593 g/mol. The third-order valence-electron chi connectivity index (χ3n) is 5.06. The van der Waals surface area contributed by atoms with Crippen LogP contribution in [0.1, 0.15) is 59.8 Å². The molecule has 142 valence electrons. The fraction of sp³-hybridized carbons (Fsp3) is 0.889. The van der Waals surface area contributed by atoms with Gasteiger partial charge in [-0.3, -0.25) is 0 Å². The van der Waals surface area contributed by atoms with Gasteiger partial charge in [0.1, 0.15) is 0 Å². The Hall–Kier alpha value is 0.812. The topological polar surface area (TPSA) is 54.7 Å². The molecule has 0 spiro atoms. The summed E-state index contributed by atoms with van der Waals surface area (Å²) in [6.07, 6.45) is 4.62. The molecule has 1 aliphatic carbocycles. The summed E-state index contributed by atoms with van der Waals surface area (Å²) < 4.78 is 21.0. The van der Waals surface area contributed by atoms with E-state index in [1.54, 1.807) is 0 Å². The second kappa shape index (κ2) is 11.6. The maximum atomic E-state index is 8.81. The van der Waals surface area contributed by atoms with Gasteiger partial charge in [0.15, 0.2) is 0 Å². The van der Waals surface area contributed by atoms with E-state index in [-0.39, 0.29) is 42.8 Å². The molecule has 0 aromatic heterocycles. The molecule has 0 amide bonds. The van der Waals surface area contributed by atoms with E-state index in [9.17, 15) is 0 Å². The van der Waals surface area contributed by atoms with Crippen LogP contribution in [0.15, 0.2) is 0 Å². The summed E-state index contributed by atoms with van der Waals surface area (Å²) in [5.41, 5.74) is -0.187. The quantitative estimate of drug-likeness (QED) is 0.199. The van der Waals surface area contributed by atoms with Crippen molar-refractivity contribution in [3.05, 3.63) is 6.61 Å². The summed E-state index contributed by atoms with van der Waals surface area (Å²) in [5.74, 6) is 0.935. The van der Waals surface area contributed by atoms with E-state index in [0.29, 0.717) is 24.9 Å². The summed E-state index contributed by atoms with van der Waals surface area (Å²) in [6.45, 7) is 13.2. The van der Waals surface area contributed by atoms with Crippen molar-refractivity contribution in [3.8, 4) is 6.07 Å². The number of ether oxygens (including phenoxy) is 1. The van der Waals surface area contributed by atoms with Crippen LogP contribution in [-0.4, -0.2) is 36.1 Å². The van der Waals surface area contributed by atoms with Crippen LogP contribution >= 0.6 is 8.53 Å². The third kappa shape index (κ3) is 5.65. The van der Waals surface area contributed by atoms with Gasteiger partial charge < -0.3 is 13.8 Å². The summed E-state index contributed by atoms with van der Waals surface area (Å²) in [6, 6.07) is 2.16. The van der Waals surface area contributed by atoms with E-state index in [4.69, 9.17) is 19.0 Å². The van der Waals surface area contributed by atoms with Gasteiger partial charge in [0.2, 0.25) is 0 Å². The Kier molecular flexibility index (Phi) is 11.1. The summed E-state index contributed by atoms with van der Waals surface area (Å²) in [7, 11) is -1.15. The van der Waals surface area contributed by atoms with E-state index in [1.807, 2.05) is 6.61 Å². The first kappa shape index (κ1) is 23.9. The summed E-state index contributed by atoms with van der Waals surface area (Å²) in [5, 5.41) is 8.81. The first-order chi connectivity index (χ1) is 11.6. The smallest absolute Gasteiger partial charge is 0.259 e. The molecule has 0 aromatic rings. The zero-order chi connectivity index (χ0) is 17.6. The molecule has 2 rings (SSSR count). The van der Waals surface area contributed by atoms with E-state index >= 15 is 0 Å². The second-order valence-corrected chi connectivity index (χ2v) is 8.40. The average Bonchev–Trinajstić information content (AvgIpc) is 3.05. The molecule has 2 bridgehead atoms. The van der Waals surface area contributed by atoms with E-state index in [0.717, 1.165) is 38.8 Å². The van der Waals surface area contributed by atoms with Gasteiger partial charge in [-0.25, -0.2) is 11.3 Å². The van der Waals surface area contributed by atoms with Gasteiger partial charge in [-0.05, 0) is 25.7 Å². The molecule has 0 radical (unpaired) electrons. The molecule has 5 nitrogen and oxygen atoms in total. The number of fused-ring (bicyclic) bond motifs is 2. The van der Waals surface area contributed by atoms with Gasteiger partial charge in [0, 0.05) is 44.2 Å². The minimum atomic E-state index is -1.15. The van der Waals surface area contributed by atoms with Crippen molar-refractivity contribution < 1.29 is 44.9 Å². The van der Waals surface area contributed by atoms with Crippen molar-refractivity contribution in [1.82, 2.24) is 4.67 Å². The molecule has 1 saturated carbocycles. The van der Waals surface area contributed by atoms with Crippen LogP contribution in [-0.2, 0) is 13.8 Å². The molecule has 1 saturated heterocycles. The zero-order valence-electron chi connectivity index (χ0n) is 16.0. The van der Waals surface area contributed by atoms with Crippen LogP contribution in [0.4, 0.5) is 0 Å². The number of nitrogens with zero attached hydrogens (tertiary/aromatic N) is 2. The zero-order valence-corrected chi connectivity index (χ0v) is 21.1. The van der Waals surface area contributed by atoms with Gasteiger partial charge >= 0.3 is 0 Å². The molecule has 1 unspecified atom stereocenters. The molecular formula is C18H32N2O3PU-. The van der Waals surface area contributed by atoms with Gasteiger partial charge in [0.05, 0.1) is 30.8 Å². The van der Waals surface area contributed by atoms with Crippen LogP contribution in [0.25, 0.3) is 0 Å². The summed E-state index contributed by atoms with van der Waals surface area (Å²) >= 11 is 0. The van der Waals surface area contributed by atoms with Gasteiger partial charge in [-0.15, -0.1) is 5.92 Å². The number of hydrogen-bond acceptors (Lipinski definition) is 5. The van der Waals surface area contributed by atoms with Crippen LogP contribution in [0.2, 0.25) is 0 Å². The number of rotatable bonds is 11. The van der Waals surface area contributed by atoms with E-state index in [2.05, 4.69) is 38.4 Å². The molecule has 1 heterocycles. The van der Waals surface area contributed by atoms with E-state index in [1.165, 1.54) is 0 Å². The fourth-order valence-electron chi connectivity index (χ4n) is 3.81. The molecule has 7 heteroatoms. The largest absolute Gasteiger partial charge is 0.545 e. The van der Waals surface area contributed by atoms with Crippen molar-refractivity contribution in [2.45, 2.75) is 71.5 Å². The van der Waals surface area contributed by atoms with Crippen LogP contribution in [0, 0.1) is 60.9 Å². The van der Waals surface area contributed by atoms with Crippen molar-refractivity contribution in [2.24, 2.45) is 11.8 Å².